The number of benzene rings is 4. The van der Waals surface area contributed by atoms with Crippen molar-refractivity contribution in [2.24, 2.45) is 0 Å². The van der Waals surface area contributed by atoms with E-state index in [1.807, 2.05) is 133 Å². The van der Waals surface area contributed by atoms with Crippen molar-refractivity contribution < 1.29 is 74.6 Å². The summed E-state index contributed by atoms with van der Waals surface area (Å²) in [6.07, 6.45) is 0. The summed E-state index contributed by atoms with van der Waals surface area (Å²) in [5.74, 6) is 2.33. The molecule has 3 fully saturated rings. The average Bonchev–Trinajstić information content (AvgIpc) is 3.86. The molecule has 3 aliphatic heterocycles. The van der Waals surface area contributed by atoms with Gasteiger partial charge in [-0.3, -0.25) is 0 Å². The van der Waals surface area contributed by atoms with Crippen LogP contribution in [0.5, 0.6) is 23.0 Å². The molecular weight excluding hydrogens is 1110 g/mol. The van der Waals surface area contributed by atoms with Crippen molar-refractivity contribution in [1.82, 2.24) is 0 Å². The molecule has 0 atom stereocenters. The molecule has 22 heteroatoms. The predicted molar refractivity (Wildman–Crippen MR) is 311 cm³/mol. The van der Waals surface area contributed by atoms with E-state index in [-0.39, 0.29) is 42.3 Å². The molecule has 0 spiro atoms. The molecule has 432 valence electrons. The van der Waals surface area contributed by atoms with Crippen molar-refractivity contribution in [1.29, 1.82) is 0 Å². The van der Waals surface area contributed by atoms with Crippen LogP contribution in [0.1, 0.15) is 137 Å². The first-order chi connectivity index (χ1) is 36.1. The monoisotopic (exact) mass is 1190 g/mol. The fourth-order valence-electron chi connectivity index (χ4n) is 7.49. The Balaban J connectivity index is 0.000000266. The van der Waals surface area contributed by atoms with E-state index >= 15 is 0 Å². The Labute approximate surface area is 476 Å². The maximum absolute atomic E-state index is 12.4. The van der Waals surface area contributed by atoms with Crippen LogP contribution in [0.3, 0.4) is 0 Å². The summed E-state index contributed by atoms with van der Waals surface area (Å²) in [5, 5.41) is -0.943. The number of hydrogen-bond acceptors (Lipinski definition) is 16. The minimum absolute atomic E-state index is 0. The van der Waals surface area contributed by atoms with Crippen LogP contribution in [-0.2, 0) is 79.8 Å². The molecule has 0 amide bonds. The highest BCUT2D eigenvalue weighted by Crippen LogP contribution is 2.43. The van der Waals surface area contributed by atoms with Gasteiger partial charge in [-0.25, -0.2) is 16.8 Å². The third-order valence-electron chi connectivity index (χ3n) is 14.7. The number of hydrogen-bond donors (Lipinski definition) is 0. The van der Waals surface area contributed by atoms with E-state index in [4.69, 9.17) is 56.3 Å². The van der Waals surface area contributed by atoms with E-state index in [1.54, 1.807) is 76.2 Å². The van der Waals surface area contributed by atoms with Gasteiger partial charge in [0.1, 0.15) is 36.6 Å². The lowest BCUT2D eigenvalue weighted by Gasteiger charge is -2.32. The lowest BCUT2D eigenvalue weighted by Crippen LogP contribution is -2.41. The standard InChI is InChI=1S/C25H35BO7S.C19H23BrO5S.C12H24B2O4.H2/c1-8-29-17-30-16-19-15-21(11-14-23(19)26-32-24(4,5)25(6,7)33-26)31-20-9-12-22(13-10-20)34(27,28)18(2)3;1-4-23-13-24-12-15-11-17(7-10-19(15)20)25-16-5-8-18(9-6-16)26(21,22)14(2)3;1-9(2)10(3,4)16-13(15-9)14-17-11(5,6)12(7,8)18-14;/h9-15,18H,8,16-17H2,1-7H3;5-11,14H,4,12-13H2,1-3H3;1-8H3;1H/i;;;1+1. The summed E-state index contributed by atoms with van der Waals surface area (Å²) >= 11 is 3.49. The second-order valence-corrected chi connectivity index (χ2v) is 28.6. The van der Waals surface area contributed by atoms with Crippen LogP contribution < -0.4 is 14.9 Å². The van der Waals surface area contributed by atoms with Crippen LogP contribution in [0.2, 0.25) is 0 Å². The van der Waals surface area contributed by atoms with Gasteiger partial charge in [0.2, 0.25) is 0 Å². The molecule has 3 heterocycles. The van der Waals surface area contributed by atoms with Crippen LogP contribution in [0.15, 0.2) is 99.2 Å². The first-order valence-corrected chi connectivity index (χ1v) is 30.3. The van der Waals surface area contributed by atoms with E-state index in [0.29, 0.717) is 54.3 Å². The Kier molecular flexibility index (Phi) is 22.0. The minimum atomic E-state index is -3.33. The van der Waals surface area contributed by atoms with Crippen molar-refractivity contribution in [3.05, 3.63) is 101 Å². The van der Waals surface area contributed by atoms with Gasteiger partial charge in [-0.1, -0.05) is 22.0 Å². The Morgan fingerprint density at radius 2 is 0.782 bits per heavy atom. The molecule has 4 aromatic carbocycles. The summed E-state index contributed by atoms with van der Waals surface area (Å²) in [6, 6.07) is 24.1. The topological polar surface area (TPSA) is 179 Å². The molecule has 0 N–H and O–H groups in total. The Bertz CT molecular complexity index is 2750. The van der Waals surface area contributed by atoms with Crippen molar-refractivity contribution >= 4 is 62.2 Å². The third kappa shape index (κ3) is 16.2. The normalized spacial score (nSPS) is 18.9. The van der Waals surface area contributed by atoms with Gasteiger partial charge < -0.3 is 56.3 Å². The van der Waals surface area contributed by atoms with Gasteiger partial charge in [-0.15, -0.1) is 0 Å². The van der Waals surface area contributed by atoms with Crippen LogP contribution >= 0.6 is 15.9 Å². The summed E-state index contributed by atoms with van der Waals surface area (Å²) in [6.45, 7) is 37.0. The van der Waals surface area contributed by atoms with Gasteiger partial charge in [0, 0.05) is 19.1 Å². The van der Waals surface area contributed by atoms with Gasteiger partial charge in [0.05, 0.1) is 67.1 Å². The number of ether oxygens (including phenoxy) is 6. The minimum Gasteiger partial charge on any atom is -0.457 e. The molecule has 78 heavy (non-hydrogen) atoms. The Morgan fingerprint density at radius 1 is 0.462 bits per heavy atom. The molecule has 3 aliphatic rings. The highest BCUT2D eigenvalue weighted by atomic mass is 79.9. The first kappa shape index (κ1) is 65.5. The number of halogens is 1. The largest absolute Gasteiger partial charge is 0.495 e. The first-order valence-electron chi connectivity index (χ1n) is 26.4. The van der Waals surface area contributed by atoms with E-state index in [0.717, 1.165) is 21.1 Å². The van der Waals surface area contributed by atoms with Crippen molar-refractivity contribution in [3.8, 4) is 23.0 Å². The van der Waals surface area contributed by atoms with E-state index in [1.165, 1.54) is 0 Å². The Morgan fingerprint density at radius 3 is 1.14 bits per heavy atom. The third-order valence-corrected chi connectivity index (χ3v) is 19.8. The molecule has 0 saturated carbocycles. The van der Waals surface area contributed by atoms with Crippen molar-refractivity contribution in [2.45, 2.75) is 192 Å². The number of rotatable bonds is 20. The zero-order valence-electron chi connectivity index (χ0n) is 48.9. The van der Waals surface area contributed by atoms with Gasteiger partial charge in [0.15, 0.2) is 19.7 Å². The second-order valence-electron chi connectivity index (χ2n) is 22.7. The molecule has 0 aromatic heterocycles. The van der Waals surface area contributed by atoms with Gasteiger partial charge in [-0.2, -0.15) is 0 Å². The van der Waals surface area contributed by atoms with Crippen molar-refractivity contribution in [2.75, 3.05) is 26.8 Å². The second kappa shape index (κ2) is 26.3. The zero-order valence-corrected chi connectivity index (χ0v) is 52.2. The van der Waals surface area contributed by atoms with Crippen molar-refractivity contribution in [3.63, 3.8) is 0 Å². The molecule has 7 rings (SSSR count). The summed E-state index contributed by atoms with van der Waals surface area (Å²) in [7, 11) is -8.11. The van der Waals surface area contributed by atoms with E-state index in [9.17, 15) is 16.8 Å². The average molecular weight is 1190 g/mol. The summed E-state index contributed by atoms with van der Waals surface area (Å²) < 4.78 is 120. The maximum Gasteiger partial charge on any atom is 0.495 e. The molecule has 0 bridgehead atoms. The fraction of sp³-hybridized carbons (Fsp3) is 0.571. The fourth-order valence-corrected chi connectivity index (χ4v) is 9.97. The van der Waals surface area contributed by atoms with Crippen LogP contribution in [0.25, 0.3) is 0 Å². The molecule has 4 aromatic rings. The zero-order chi connectivity index (χ0) is 58.3. The van der Waals surface area contributed by atoms with Gasteiger partial charge in [-0.05, 0) is 220 Å². The highest BCUT2D eigenvalue weighted by Gasteiger charge is 2.64. The van der Waals surface area contributed by atoms with Crippen LogP contribution in [0, 0.1) is 0 Å². The van der Waals surface area contributed by atoms with Crippen LogP contribution in [0.4, 0.5) is 0 Å². The highest BCUT2D eigenvalue weighted by molar-refractivity contribution is 9.10. The smallest absolute Gasteiger partial charge is 0.457 e. The Hall–Kier alpha value is -3.35. The lowest BCUT2D eigenvalue weighted by atomic mass is 9.49. The summed E-state index contributed by atoms with van der Waals surface area (Å²) in [5.41, 5.74) is 0.283. The molecule has 0 radical (unpaired) electrons. The van der Waals surface area contributed by atoms with Gasteiger partial charge in [0.25, 0.3) is 0 Å². The molecular formula is C56H84B3BrO16S2. The molecule has 0 aliphatic carbocycles. The maximum atomic E-state index is 12.4. The van der Waals surface area contributed by atoms with Crippen LogP contribution in [-0.4, -0.2) is 109 Å². The number of sulfone groups is 2. The van der Waals surface area contributed by atoms with E-state index in [2.05, 4.69) is 15.9 Å². The lowest BCUT2D eigenvalue weighted by molar-refractivity contribution is -0.0573. The van der Waals surface area contributed by atoms with E-state index < -0.39 is 62.5 Å². The molecule has 16 nitrogen and oxygen atoms in total. The summed E-state index contributed by atoms with van der Waals surface area (Å²) in [4.78, 5) is 0.566. The SMILES string of the molecule is CC1(C)OB(B2OC(C)(C)C(C)(C)O2)OC1(C)C.CCOCOCc1cc(Oc2ccc(S(=O)(=O)C(C)C)cc2)ccc1B1OC(C)(C)C(C)(C)O1.CCOCOCc1cc(Oc2ccc(S(=O)(=O)C(C)C)cc2)ccc1Br.[2HH]. The predicted octanol–water partition coefficient (Wildman–Crippen LogP) is 11.9. The molecule has 3 saturated heterocycles. The van der Waals surface area contributed by atoms with Gasteiger partial charge >= 0.3 is 21.1 Å². The molecule has 0 unspecified atom stereocenters. The quantitative estimate of drug-likeness (QED) is 0.0463.